The maximum Gasteiger partial charge on any atom is 0.438 e. The van der Waals surface area contributed by atoms with Gasteiger partial charge in [0.1, 0.15) is 5.75 Å². The molecule has 1 aliphatic rings. The Kier molecular flexibility index (Phi) is 4.93. The van der Waals surface area contributed by atoms with Crippen molar-refractivity contribution in [2.45, 2.75) is 25.2 Å². The molecule has 0 fully saturated rings. The van der Waals surface area contributed by atoms with Crippen molar-refractivity contribution in [3.8, 4) is 17.0 Å². The molecule has 160 valence electrons. The molecule has 0 saturated heterocycles. The Morgan fingerprint density at radius 1 is 1.16 bits per heavy atom. The Hall–Kier alpha value is -3.46. The number of benzene rings is 2. The molecule has 3 aromatic rings. The van der Waals surface area contributed by atoms with Crippen LogP contribution in [-0.2, 0) is 0 Å². The van der Waals surface area contributed by atoms with Gasteiger partial charge in [0.05, 0.1) is 23.9 Å². The number of hydrogen-bond donors (Lipinski definition) is 1. The molecule has 31 heavy (non-hydrogen) atoms. The molecule has 6 nitrogen and oxygen atoms in total. The summed E-state index contributed by atoms with van der Waals surface area (Å²) in [6.45, 7) is 1.33. The van der Waals surface area contributed by atoms with E-state index in [1.165, 1.54) is 20.1 Å². The third-order valence-electron chi connectivity index (χ3n) is 5.08. The molecule has 9 heteroatoms. The second-order valence-corrected chi connectivity index (χ2v) is 7.25. The molecular formula is C22H18F3N3O3. The molecule has 2 aromatic carbocycles. The third-order valence-corrected chi connectivity index (χ3v) is 5.08. The highest BCUT2D eigenvalue weighted by Crippen LogP contribution is 2.41. The highest BCUT2D eigenvalue weighted by molar-refractivity contribution is 6.08. The first kappa shape index (κ1) is 20.8. The average molecular weight is 429 g/mol. The van der Waals surface area contributed by atoms with Gasteiger partial charge in [0.25, 0.3) is 11.6 Å². The average Bonchev–Trinajstić information content (AvgIpc) is 3.07. The number of rotatable bonds is 3. The van der Waals surface area contributed by atoms with Gasteiger partial charge in [0, 0.05) is 23.1 Å². The van der Waals surface area contributed by atoms with E-state index >= 15 is 0 Å². The summed E-state index contributed by atoms with van der Waals surface area (Å²) in [7, 11) is 1.51. The largest absolute Gasteiger partial charge is 0.497 e. The van der Waals surface area contributed by atoms with Crippen molar-refractivity contribution in [3.63, 3.8) is 0 Å². The van der Waals surface area contributed by atoms with Crippen molar-refractivity contribution >= 4 is 22.5 Å². The van der Waals surface area contributed by atoms with Crippen LogP contribution in [0.25, 0.3) is 22.2 Å². The normalized spacial score (nSPS) is 18.9. The van der Waals surface area contributed by atoms with E-state index in [2.05, 4.69) is 10.1 Å². The number of hydrogen-bond acceptors (Lipinski definition) is 5. The van der Waals surface area contributed by atoms with E-state index in [1.54, 1.807) is 48.5 Å². The summed E-state index contributed by atoms with van der Waals surface area (Å²) >= 11 is 0. The Morgan fingerprint density at radius 3 is 2.61 bits per heavy atom. The van der Waals surface area contributed by atoms with E-state index in [0.29, 0.717) is 27.9 Å². The number of pyridine rings is 1. The van der Waals surface area contributed by atoms with Crippen LogP contribution in [0.15, 0.2) is 59.7 Å². The van der Waals surface area contributed by atoms with Gasteiger partial charge in [0.15, 0.2) is 0 Å². The van der Waals surface area contributed by atoms with E-state index in [1.807, 2.05) is 0 Å². The van der Waals surface area contributed by atoms with Gasteiger partial charge >= 0.3 is 6.18 Å². The van der Waals surface area contributed by atoms with Gasteiger partial charge in [0.2, 0.25) is 0 Å². The fourth-order valence-electron chi connectivity index (χ4n) is 3.55. The molecule has 0 radical (unpaired) electrons. The minimum absolute atomic E-state index is 0.000411. The lowest BCUT2D eigenvalue weighted by Gasteiger charge is -2.32. The Balaban J connectivity index is 1.89. The summed E-state index contributed by atoms with van der Waals surface area (Å²) in [5.74, 6) is -0.508. The maximum atomic E-state index is 13.6. The molecule has 0 saturated carbocycles. The smallest absolute Gasteiger partial charge is 0.438 e. The van der Waals surface area contributed by atoms with Crippen molar-refractivity contribution in [1.29, 1.82) is 0 Å². The van der Waals surface area contributed by atoms with Crippen LogP contribution in [-0.4, -0.2) is 45.7 Å². The van der Waals surface area contributed by atoms with E-state index in [0.717, 1.165) is 0 Å². The molecular weight excluding hydrogens is 411 g/mol. The second kappa shape index (κ2) is 7.35. The monoisotopic (exact) mass is 429 g/mol. The van der Waals surface area contributed by atoms with Crippen molar-refractivity contribution in [1.82, 2.24) is 9.99 Å². The number of amides is 1. The standard InChI is InChI=1S/C22H18F3N3O3/c1-13-12-21(30,22(23,24)25)28(27-13)20(29)17-11-19(14-6-5-7-15(10-14)31-2)26-18-9-4-3-8-16(17)18/h3-11,30H,12H2,1-2H3/t21-/m0/s1. The van der Waals surface area contributed by atoms with Crippen LogP contribution >= 0.6 is 0 Å². The topological polar surface area (TPSA) is 75.0 Å². The van der Waals surface area contributed by atoms with Crippen LogP contribution in [0.4, 0.5) is 13.2 Å². The SMILES string of the molecule is COc1cccc(-c2cc(C(=O)N3N=C(C)C[C@]3(O)C(F)(F)F)c3ccccc3n2)c1. The highest BCUT2D eigenvalue weighted by atomic mass is 19.4. The van der Waals surface area contributed by atoms with Gasteiger partial charge < -0.3 is 9.84 Å². The number of ether oxygens (including phenoxy) is 1. The number of alkyl halides is 3. The van der Waals surface area contributed by atoms with E-state index in [-0.39, 0.29) is 16.3 Å². The molecule has 1 aromatic heterocycles. The predicted molar refractivity (Wildman–Crippen MR) is 109 cm³/mol. The van der Waals surface area contributed by atoms with Crippen molar-refractivity contribution in [3.05, 3.63) is 60.2 Å². The third kappa shape index (κ3) is 3.50. The molecule has 1 N–H and O–H groups in total. The molecule has 1 atom stereocenters. The summed E-state index contributed by atoms with van der Waals surface area (Å²) in [6, 6.07) is 14.9. The number of para-hydroxylation sites is 1. The number of fused-ring (bicyclic) bond motifs is 1. The first-order valence-electron chi connectivity index (χ1n) is 9.36. The molecule has 4 rings (SSSR count). The van der Waals surface area contributed by atoms with Gasteiger partial charge in [-0.1, -0.05) is 30.3 Å². The van der Waals surface area contributed by atoms with E-state index in [9.17, 15) is 23.1 Å². The van der Waals surface area contributed by atoms with Crippen LogP contribution in [0.3, 0.4) is 0 Å². The summed E-state index contributed by atoms with van der Waals surface area (Å²) in [5, 5.41) is 14.5. The van der Waals surface area contributed by atoms with Crippen molar-refractivity contribution in [2.75, 3.05) is 7.11 Å². The van der Waals surface area contributed by atoms with Gasteiger partial charge in [-0.25, -0.2) is 4.98 Å². The first-order chi connectivity index (χ1) is 14.6. The fraction of sp³-hybridized carbons (Fsp3) is 0.227. The number of aromatic nitrogens is 1. The number of hydrazone groups is 1. The molecule has 1 amide bonds. The highest BCUT2D eigenvalue weighted by Gasteiger charge is 2.62. The lowest BCUT2D eigenvalue weighted by atomic mass is 10.0. The Bertz CT molecular complexity index is 1210. The number of methoxy groups -OCH3 is 1. The zero-order valence-corrected chi connectivity index (χ0v) is 16.6. The minimum atomic E-state index is -5.08. The summed E-state index contributed by atoms with van der Waals surface area (Å²) in [5.41, 5.74) is -2.05. The Morgan fingerprint density at radius 2 is 1.90 bits per heavy atom. The zero-order chi connectivity index (χ0) is 22.4. The molecule has 0 unspecified atom stereocenters. The summed E-state index contributed by atoms with van der Waals surface area (Å²) in [4.78, 5) is 17.8. The van der Waals surface area contributed by atoms with Crippen LogP contribution in [0, 0.1) is 0 Å². The molecule has 0 aliphatic carbocycles. The number of aliphatic hydroxyl groups is 1. The summed E-state index contributed by atoms with van der Waals surface area (Å²) in [6.07, 6.45) is -5.89. The molecule has 0 bridgehead atoms. The first-order valence-corrected chi connectivity index (χ1v) is 9.36. The fourth-order valence-corrected chi connectivity index (χ4v) is 3.55. The lowest BCUT2D eigenvalue weighted by Crippen LogP contribution is -2.56. The number of carbonyl (C=O) groups excluding carboxylic acids is 1. The minimum Gasteiger partial charge on any atom is -0.497 e. The van der Waals surface area contributed by atoms with Crippen molar-refractivity contribution in [2.24, 2.45) is 5.10 Å². The number of nitrogens with zero attached hydrogens (tertiary/aromatic N) is 3. The van der Waals surface area contributed by atoms with Crippen LogP contribution in [0.1, 0.15) is 23.7 Å². The van der Waals surface area contributed by atoms with Gasteiger partial charge in [-0.2, -0.15) is 23.3 Å². The van der Waals surface area contributed by atoms with E-state index < -0.39 is 24.2 Å². The predicted octanol–water partition coefficient (Wildman–Crippen LogP) is 4.38. The molecule has 1 aliphatic heterocycles. The van der Waals surface area contributed by atoms with Gasteiger partial charge in [-0.05, 0) is 31.2 Å². The van der Waals surface area contributed by atoms with Crippen LogP contribution in [0.2, 0.25) is 0 Å². The van der Waals surface area contributed by atoms with Gasteiger partial charge in [-0.3, -0.25) is 4.79 Å². The lowest BCUT2D eigenvalue weighted by molar-refractivity contribution is -0.297. The zero-order valence-electron chi connectivity index (χ0n) is 16.6. The molecule has 0 spiro atoms. The van der Waals surface area contributed by atoms with Crippen LogP contribution < -0.4 is 4.74 Å². The molecule has 2 heterocycles. The second-order valence-electron chi connectivity index (χ2n) is 7.25. The number of carbonyl (C=O) groups is 1. The van der Waals surface area contributed by atoms with Crippen molar-refractivity contribution < 1.29 is 27.8 Å². The number of halogens is 3. The maximum absolute atomic E-state index is 13.6. The van der Waals surface area contributed by atoms with Crippen LogP contribution in [0.5, 0.6) is 5.75 Å². The summed E-state index contributed by atoms with van der Waals surface area (Å²) < 4.78 is 46.1. The van der Waals surface area contributed by atoms with Gasteiger partial charge in [-0.15, -0.1) is 0 Å². The Labute approximate surface area is 175 Å². The quantitative estimate of drug-likeness (QED) is 0.671. The van der Waals surface area contributed by atoms with E-state index in [4.69, 9.17) is 4.74 Å².